The average Bonchev–Trinajstić information content (AvgIpc) is 2.64. The predicted molar refractivity (Wildman–Crippen MR) is 110 cm³/mol. The Morgan fingerprint density at radius 2 is 2.00 bits per heavy atom. The Balaban J connectivity index is 1.85. The molecule has 0 radical (unpaired) electrons. The van der Waals surface area contributed by atoms with Crippen molar-refractivity contribution in [2.24, 2.45) is 5.92 Å². The summed E-state index contributed by atoms with van der Waals surface area (Å²) in [5.74, 6) is 1.23. The summed E-state index contributed by atoms with van der Waals surface area (Å²) in [5, 5.41) is 0.734. The van der Waals surface area contributed by atoms with Gasteiger partial charge in [-0.15, -0.1) is 0 Å². The van der Waals surface area contributed by atoms with E-state index in [9.17, 15) is 4.79 Å². The molecular weight excluding hydrogens is 338 g/mol. The number of benzene rings is 1. The van der Waals surface area contributed by atoms with Crippen molar-refractivity contribution in [3.63, 3.8) is 0 Å². The van der Waals surface area contributed by atoms with E-state index in [4.69, 9.17) is 4.74 Å². The van der Waals surface area contributed by atoms with E-state index in [0.717, 1.165) is 34.5 Å². The number of aromatic nitrogens is 1. The number of ether oxygens (including phenoxy) is 1. The second kappa shape index (κ2) is 8.44. The van der Waals surface area contributed by atoms with Gasteiger partial charge in [0.15, 0.2) is 5.43 Å². The van der Waals surface area contributed by atoms with Gasteiger partial charge in [0.1, 0.15) is 12.3 Å². The van der Waals surface area contributed by atoms with E-state index in [2.05, 4.69) is 32.9 Å². The number of quaternary nitrogens is 2. The first-order chi connectivity index (χ1) is 12.8. The molecule has 27 heavy (non-hydrogen) atoms. The van der Waals surface area contributed by atoms with Gasteiger partial charge in [-0.05, 0) is 31.0 Å². The van der Waals surface area contributed by atoms with E-state index in [1.807, 2.05) is 25.1 Å². The molecule has 1 aliphatic heterocycles. The molecule has 0 saturated carbocycles. The summed E-state index contributed by atoms with van der Waals surface area (Å²) in [6.45, 7) is 10.2. The Labute approximate surface area is 162 Å². The third kappa shape index (κ3) is 4.71. The van der Waals surface area contributed by atoms with Crippen molar-refractivity contribution in [3.05, 3.63) is 39.7 Å². The number of hydrogen-bond acceptors (Lipinski definition) is 2. The average molecular weight is 374 g/mol. The minimum Gasteiger partial charge on any atom is -0.493 e. The number of H-pyrrole nitrogens is 1. The molecule has 1 atom stereocenters. The smallest absolute Gasteiger partial charge is 0.198 e. The van der Waals surface area contributed by atoms with Crippen LogP contribution in [0.3, 0.4) is 0 Å². The lowest BCUT2D eigenvalue weighted by atomic mass is 10.0. The van der Waals surface area contributed by atoms with Gasteiger partial charge in [-0.25, -0.2) is 0 Å². The number of nitrogens with one attached hydrogen (secondary N) is 3. The van der Waals surface area contributed by atoms with Crippen LogP contribution in [-0.2, 0) is 6.54 Å². The van der Waals surface area contributed by atoms with Crippen molar-refractivity contribution < 1.29 is 14.5 Å². The third-order valence-corrected chi connectivity index (χ3v) is 5.86. The van der Waals surface area contributed by atoms with Gasteiger partial charge >= 0.3 is 0 Å². The number of piperidine rings is 1. The van der Waals surface area contributed by atoms with E-state index in [1.54, 1.807) is 4.90 Å². The van der Waals surface area contributed by atoms with Gasteiger partial charge in [-0.2, -0.15) is 0 Å². The zero-order valence-electron chi connectivity index (χ0n) is 17.4. The molecule has 0 aliphatic carbocycles. The number of fused-ring (bicyclic) bond motifs is 1. The van der Waals surface area contributed by atoms with Gasteiger partial charge in [-0.1, -0.05) is 13.8 Å². The molecule has 1 fully saturated rings. The van der Waals surface area contributed by atoms with Gasteiger partial charge in [-0.3, -0.25) is 4.79 Å². The predicted octanol–water partition coefficient (Wildman–Crippen LogP) is 0.563. The molecule has 1 saturated heterocycles. The number of aryl methyl sites for hydroxylation is 1. The Kier molecular flexibility index (Phi) is 6.22. The molecule has 0 amide bonds. The molecule has 3 N–H and O–H groups in total. The summed E-state index contributed by atoms with van der Waals surface area (Å²) in [6, 6.07) is 6.44. The highest BCUT2D eigenvalue weighted by atomic mass is 16.5. The Bertz CT molecular complexity index is 835. The summed E-state index contributed by atoms with van der Waals surface area (Å²) in [5.41, 5.74) is 2.93. The fraction of sp³-hybridized carbons (Fsp3) is 0.591. The van der Waals surface area contributed by atoms with E-state index in [1.165, 1.54) is 30.8 Å². The van der Waals surface area contributed by atoms with Crippen LogP contribution in [0.1, 0.15) is 37.9 Å². The van der Waals surface area contributed by atoms with Crippen molar-refractivity contribution in [1.29, 1.82) is 0 Å². The van der Waals surface area contributed by atoms with Crippen molar-refractivity contribution in [2.45, 2.75) is 46.2 Å². The van der Waals surface area contributed by atoms with Gasteiger partial charge in [0.05, 0.1) is 45.4 Å². The number of hydrogen-bond donors (Lipinski definition) is 3. The number of pyridine rings is 1. The monoisotopic (exact) mass is 373 g/mol. The molecule has 0 spiro atoms. The summed E-state index contributed by atoms with van der Waals surface area (Å²) in [7, 11) is 4.50. The van der Waals surface area contributed by atoms with Crippen molar-refractivity contribution in [3.8, 4) is 5.75 Å². The molecule has 5 nitrogen and oxygen atoms in total. The van der Waals surface area contributed by atoms with Crippen LogP contribution in [0.4, 0.5) is 0 Å². The highest BCUT2D eigenvalue weighted by Crippen LogP contribution is 2.19. The van der Waals surface area contributed by atoms with Crippen LogP contribution in [0.2, 0.25) is 0 Å². The first-order valence-corrected chi connectivity index (χ1v) is 10.3. The van der Waals surface area contributed by atoms with Gasteiger partial charge in [0.25, 0.3) is 0 Å². The highest BCUT2D eigenvalue weighted by Gasteiger charge is 2.27. The Morgan fingerprint density at radius 1 is 1.30 bits per heavy atom. The molecule has 3 rings (SSSR count). The lowest BCUT2D eigenvalue weighted by Crippen LogP contribution is -3.17. The van der Waals surface area contributed by atoms with Crippen LogP contribution in [0.25, 0.3) is 10.9 Å². The first-order valence-electron chi connectivity index (χ1n) is 10.3. The maximum absolute atomic E-state index is 13.2. The first kappa shape index (κ1) is 19.9. The minimum absolute atomic E-state index is 0.147. The molecule has 2 aromatic rings. The second-order valence-electron chi connectivity index (χ2n) is 8.72. The summed E-state index contributed by atoms with van der Waals surface area (Å²) >= 11 is 0. The SMILES string of the molecule is Cc1[nH]c2ccc(OCC(C)C)cc2c(=O)c1C[NH+](C)C1CC[NH+](C)CC1. The maximum atomic E-state index is 13.2. The largest absolute Gasteiger partial charge is 0.493 e. The number of aromatic amines is 1. The van der Waals surface area contributed by atoms with E-state index in [0.29, 0.717) is 18.6 Å². The van der Waals surface area contributed by atoms with E-state index >= 15 is 0 Å². The molecule has 1 unspecified atom stereocenters. The topological polar surface area (TPSA) is 51.0 Å². The van der Waals surface area contributed by atoms with E-state index in [-0.39, 0.29) is 5.43 Å². The van der Waals surface area contributed by atoms with Crippen LogP contribution in [0, 0.1) is 12.8 Å². The summed E-state index contributed by atoms with van der Waals surface area (Å²) in [4.78, 5) is 19.7. The van der Waals surface area contributed by atoms with Crippen molar-refractivity contribution in [2.75, 3.05) is 33.8 Å². The third-order valence-electron chi connectivity index (χ3n) is 5.86. The normalized spacial score (nSPS) is 21.6. The summed E-state index contributed by atoms with van der Waals surface area (Å²) < 4.78 is 5.83. The van der Waals surface area contributed by atoms with Crippen LogP contribution in [-0.4, -0.2) is 44.8 Å². The lowest BCUT2D eigenvalue weighted by Gasteiger charge is -2.30. The molecular formula is C22H35N3O2+2. The van der Waals surface area contributed by atoms with Crippen LogP contribution < -0.4 is 20.0 Å². The summed E-state index contributed by atoms with van der Waals surface area (Å²) in [6.07, 6.45) is 2.46. The minimum atomic E-state index is 0.147. The van der Waals surface area contributed by atoms with Crippen LogP contribution in [0.15, 0.2) is 23.0 Å². The van der Waals surface area contributed by atoms with Gasteiger partial charge in [0, 0.05) is 29.4 Å². The van der Waals surface area contributed by atoms with Crippen molar-refractivity contribution >= 4 is 10.9 Å². The highest BCUT2D eigenvalue weighted by molar-refractivity contribution is 5.81. The molecule has 0 bridgehead atoms. The van der Waals surface area contributed by atoms with Crippen LogP contribution >= 0.6 is 0 Å². The second-order valence-corrected chi connectivity index (χ2v) is 8.72. The molecule has 148 valence electrons. The Morgan fingerprint density at radius 3 is 2.67 bits per heavy atom. The zero-order chi connectivity index (χ0) is 19.6. The standard InChI is InChI=1S/C22H33N3O2/c1-15(2)14-27-18-6-7-21-19(12-18)22(26)20(16(3)23-21)13-25(5)17-8-10-24(4)11-9-17/h6-7,12,15,17H,8-11,13-14H2,1-5H3,(H,23,26)/p+2. The van der Waals surface area contributed by atoms with Crippen molar-refractivity contribution in [1.82, 2.24) is 4.98 Å². The lowest BCUT2D eigenvalue weighted by molar-refractivity contribution is -0.948. The Hall–Kier alpha value is -1.85. The van der Waals surface area contributed by atoms with E-state index < -0.39 is 0 Å². The molecule has 2 heterocycles. The quantitative estimate of drug-likeness (QED) is 0.693. The fourth-order valence-electron chi connectivity index (χ4n) is 4.02. The van der Waals surface area contributed by atoms with Gasteiger partial charge in [0.2, 0.25) is 0 Å². The number of rotatable bonds is 6. The molecule has 1 aromatic carbocycles. The zero-order valence-corrected chi connectivity index (χ0v) is 17.4. The molecule has 1 aromatic heterocycles. The molecule has 1 aliphatic rings. The van der Waals surface area contributed by atoms with Crippen LogP contribution in [0.5, 0.6) is 5.75 Å². The molecule has 5 heteroatoms. The fourth-order valence-corrected chi connectivity index (χ4v) is 4.02. The van der Waals surface area contributed by atoms with Gasteiger partial charge < -0.3 is 19.5 Å². The number of likely N-dealkylation sites (tertiary alicyclic amines) is 1. The maximum Gasteiger partial charge on any atom is 0.198 e.